The first-order valence-electron chi connectivity index (χ1n) is 8.00. The van der Waals surface area contributed by atoms with E-state index in [0.29, 0.717) is 5.92 Å². The Kier molecular flexibility index (Phi) is 9.10. The van der Waals surface area contributed by atoms with E-state index in [0.717, 1.165) is 64.7 Å². The van der Waals surface area contributed by atoms with Gasteiger partial charge in [0, 0.05) is 46.8 Å². The van der Waals surface area contributed by atoms with Gasteiger partial charge >= 0.3 is 0 Å². The van der Waals surface area contributed by atoms with Crippen LogP contribution in [-0.4, -0.2) is 75.8 Å². The molecule has 1 aliphatic heterocycles. The Balaban J connectivity index is 2.24. The summed E-state index contributed by atoms with van der Waals surface area (Å²) < 4.78 is 5.38. The van der Waals surface area contributed by atoms with E-state index < -0.39 is 0 Å². The third-order valence-corrected chi connectivity index (χ3v) is 3.76. The minimum absolute atomic E-state index is 0.599. The second-order valence-corrected chi connectivity index (χ2v) is 5.80. The van der Waals surface area contributed by atoms with E-state index in [1.807, 2.05) is 13.1 Å². The Hall–Kier alpha value is -1.07. The highest BCUT2D eigenvalue weighted by atomic mass is 16.5. The molecule has 21 heavy (non-hydrogen) atoms. The molecule has 1 heterocycles. The lowest BCUT2D eigenvalue weighted by molar-refractivity contribution is 0.0320. The molecule has 1 fully saturated rings. The number of nitrogens with zero attached hydrogens (tertiary/aromatic N) is 3. The fourth-order valence-electron chi connectivity index (χ4n) is 2.52. The highest BCUT2D eigenvalue weighted by Gasteiger charge is 2.14. The molecule has 122 valence electrons. The summed E-state index contributed by atoms with van der Waals surface area (Å²) in [4.78, 5) is 9.02. The van der Waals surface area contributed by atoms with Crippen LogP contribution >= 0.6 is 0 Å². The number of ether oxygens (including phenoxy) is 1. The molecule has 1 N–H and O–H groups in total. The normalized spacial score (nSPS) is 18.3. The average molecular weight is 296 g/mol. The van der Waals surface area contributed by atoms with E-state index in [1.165, 1.54) is 0 Å². The lowest BCUT2D eigenvalue weighted by Gasteiger charge is -2.30. The van der Waals surface area contributed by atoms with Crippen molar-refractivity contribution in [1.29, 1.82) is 0 Å². The SMILES string of the molecule is C=CCCCN(C)C(=NC)NCC(C)CN1CCOCC1. The van der Waals surface area contributed by atoms with E-state index in [1.54, 1.807) is 0 Å². The Bertz CT molecular complexity index is 313. The van der Waals surface area contributed by atoms with Gasteiger partial charge in [0.15, 0.2) is 5.96 Å². The van der Waals surface area contributed by atoms with Gasteiger partial charge in [-0.1, -0.05) is 13.0 Å². The smallest absolute Gasteiger partial charge is 0.193 e. The Morgan fingerprint density at radius 2 is 2.19 bits per heavy atom. The molecule has 0 bridgehead atoms. The van der Waals surface area contributed by atoms with Crippen molar-refractivity contribution in [3.05, 3.63) is 12.7 Å². The molecule has 0 spiro atoms. The summed E-state index contributed by atoms with van der Waals surface area (Å²) >= 11 is 0. The molecule has 1 unspecified atom stereocenters. The fourth-order valence-corrected chi connectivity index (χ4v) is 2.52. The Morgan fingerprint density at radius 1 is 1.48 bits per heavy atom. The topological polar surface area (TPSA) is 40.1 Å². The van der Waals surface area contributed by atoms with Gasteiger partial charge in [-0.15, -0.1) is 6.58 Å². The zero-order valence-electron chi connectivity index (χ0n) is 14.0. The van der Waals surface area contributed by atoms with Crippen LogP contribution in [0.4, 0.5) is 0 Å². The van der Waals surface area contributed by atoms with Gasteiger partial charge in [-0.2, -0.15) is 0 Å². The van der Waals surface area contributed by atoms with Gasteiger partial charge in [0.25, 0.3) is 0 Å². The van der Waals surface area contributed by atoms with Crippen molar-refractivity contribution in [2.45, 2.75) is 19.8 Å². The molecular weight excluding hydrogens is 264 g/mol. The predicted molar refractivity (Wildman–Crippen MR) is 89.8 cm³/mol. The number of allylic oxidation sites excluding steroid dienone is 1. The van der Waals surface area contributed by atoms with E-state index in [9.17, 15) is 0 Å². The van der Waals surface area contributed by atoms with Crippen molar-refractivity contribution in [3.8, 4) is 0 Å². The largest absolute Gasteiger partial charge is 0.379 e. The van der Waals surface area contributed by atoms with Gasteiger partial charge in [0.05, 0.1) is 13.2 Å². The molecular formula is C16H32N4O. The monoisotopic (exact) mass is 296 g/mol. The van der Waals surface area contributed by atoms with E-state index in [-0.39, 0.29) is 0 Å². The van der Waals surface area contributed by atoms with Gasteiger partial charge in [0.2, 0.25) is 0 Å². The van der Waals surface area contributed by atoms with Crippen LogP contribution in [0.2, 0.25) is 0 Å². The summed E-state index contributed by atoms with van der Waals surface area (Å²) in [5, 5.41) is 3.48. The summed E-state index contributed by atoms with van der Waals surface area (Å²) in [7, 11) is 3.93. The molecule has 5 heteroatoms. The number of rotatable bonds is 8. The molecule has 0 amide bonds. The van der Waals surface area contributed by atoms with Gasteiger partial charge in [-0.05, 0) is 18.8 Å². The number of hydrogen-bond acceptors (Lipinski definition) is 3. The van der Waals surface area contributed by atoms with Crippen LogP contribution in [0.25, 0.3) is 0 Å². The van der Waals surface area contributed by atoms with E-state index >= 15 is 0 Å². The molecule has 0 aromatic carbocycles. The summed E-state index contributed by atoms with van der Waals surface area (Å²) in [6, 6.07) is 0. The van der Waals surface area contributed by atoms with Gasteiger partial charge in [-0.3, -0.25) is 9.89 Å². The van der Waals surface area contributed by atoms with Crippen molar-refractivity contribution in [1.82, 2.24) is 15.1 Å². The molecule has 1 atom stereocenters. The number of morpholine rings is 1. The lowest BCUT2D eigenvalue weighted by Crippen LogP contribution is -2.44. The van der Waals surface area contributed by atoms with Crippen LogP contribution in [0.5, 0.6) is 0 Å². The van der Waals surface area contributed by atoms with E-state index in [2.05, 4.69) is 40.7 Å². The summed E-state index contributed by atoms with van der Waals surface area (Å²) in [6.45, 7) is 13.0. The molecule has 0 aromatic heterocycles. The Morgan fingerprint density at radius 3 is 2.81 bits per heavy atom. The van der Waals surface area contributed by atoms with Gasteiger partial charge in [0.1, 0.15) is 0 Å². The van der Waals surface area contributed by atoms with Crippen LogP contribution in [0, 0.1) is 5.92 Å². The number of unbranched alkanes of at least 4 members (excludes halogenated alkanes) is 1. The maximum Gasteiger partial charge on any atom is 0.193 e. The molecule has 0 aromatic rings. The van der Waals surface area contributed by atoms with Crippen molar-refractivity contribution < 1.29 is 4.74 Å². The molecule has 1 saturated heterocycles. The van der Waals surface area contributed by atoms with Crippen molar-refractivity contribution in [2.24, 2.45) is 10.9 Å². The lowest BCUT2D eigenvalue weighted by atomic mass is 10.1. The summed E-state index contributed by atoms with van der Waals surface area (Å²) in [5.74, 6) is 1.58. The highest BCUT2D eigenvalue weighted by molar-refractivity contribution is 5.79. The third kappa shape index (κ3) is 7.48. The van der Waals surface area contributed by atoms with Crippen LogP contribution in [0.15, 0.2) is 17.6 Å². The molecule has 0 saturated carbocycles. The second kappa shape index (κ2) is 10.6. The zero-order chi connectivity index (χ0) is 15.5. The zero-order valence-corrected chi connectivity index (χ0v) is 14.0. The van der Waals surface area contributed by atoms with Crippen LogP contribution < -0.4 is 5.32 Å². The van der Waals surface area contributed by atoms with Crippen molar-refractivity contribution in [3.63, 3.8) is 0 Å². The van der Waals surface area contributed by atoms with E-state index in [4.69, 9.17) is 4.74 Å². The first-order chi connectivity index (χ1) is 10.2. The van der Waals surface area contributed by atoms with Crippen LogP contribution in [0.1, 0.15) is 19.8 Å². The Labute approximate surface area is 130 Å². The first kappa shape index (κ1) is 18.0. The molecule has 1 rings (SSSR count). The van der Waals surface area contributed by atoms with Crippen molar-refractivity contribution >= 4 is 5.96 Å². The van der Waals surface area contributed by atoms with Gasteiger partial charge in [-0.25, -0.2) is 0 Å². The first-order valence-corrected chi connectivity index (χ1v) is 8.00. The second-order valence-electron chi connectivity index (χ2n) is 5.80. The van der Waals surface area contributed by atoms with Gasteiger partial charge < -0.3 is 15.0 Å². The number of nitrogens with one attached hydrogen (secondary N) is 1. The van der Waals surface area contributed by atoms with Crippen molar-refractivity contribution in [2.75, 3.05) is 60.0 Å². The average Bonchev–Trinajstić information content (AvgIpc) is 2.49. The standard InChI is InChI=1S/C16H32N4O/c1-5-6-7-8-19(4)16(17-3)18-13-15(2)14-20-9-11-21-12-10-20/h5,15H,1,6-14H2,2-4H3,(H,17,18). The quantitative estimate of drug-likeness (QED) is 0.318. The maximum atomic E-state index is 5.38. The minimum Gasteiger partial charge on any atom is -0.379 e. The number of guanidine groups is 1. The molecule has 0 radical (unpaired) electrons. The number of aliphatic imine (C=N–C) groups is 1. The third-order valence-electron chi connectivity index (χ3n) is 3.76. The highest BCUT2D eigenvalue weighted by Crippen LogP contribution is 2.03. The molecule has 1 aliphatic rings. The van der Waals surface area contributed by atoms with Crippen LogP contribution in [0.3, 0.4) is 0 Å². The fraction of sp³-hybridized carbons (Fsp3) is 0.812. The maximum absolute atomic E-state index is 5.38. The number of hydrogen-bond donors (Lipinski definition) is 1. The predicted octanol–water partition coefficient (Wildman–Crippen LogP) is 1.43. The minimum atomic E-state index is 0.599. The van der Waals surface area contributed by atoms with Crippen LogP contribution in [-0.2, 0) is 4.74 Å². The molecule has 0 aliphatic carbocycles. The summed E-state index contributed by atoms with van der Waals surface area (Å²) in [6.07, 6.45) is 4.13. The summed E-state index contributed by atoms with van der Waals surface area (Å²) in [5.41, 5.74) is 0. The molecule has 5 nitrogen and oxygen atoms in total.